The van der Waals surface area contributed by atoms with Gasteiger partial charge in [0.2, 0.25) is 5.91 Å². The highest BCUT2D eigenvalue weighted by Gasteiger charge is 2.66. The van der Waals surface area contributed by atoms with Crippen LogP contribution in [0.3, 0.4) is 0 Å². The number of hydrogen-bond donors (Lipinski definition) is 3. The Kier molecular flexibility index (Phi) is 4.52. The van der Waals surface area contributed by atoms with Crippen LogP contribution in [0.4, 0.5) is 4.79 Å². The predicted octanol–water partition coefficient (Wildman–Crippen LogP) is -1.19. The van der Waals surface area contributed by atoms with Crippen LogP contribution in [0.15, 0.2) is 11.3 Å². The van der Waals surface area contributed by atoms with Crippen molar-refractivity contribution < 1.29 is 33.8 Å². The Bertz CT molecular complexity index is 620. The van der Waals surface area contributed by atoms with Crippen molar-refractivity contribution in [2.75, 3.05) is 19.5 Å². The molecule has 0 radical (unpaired) electrons. The van der Waals surface area contributed by atoms with Gasteiger partial charge in [-0.25, -0.2) is 9.59 Å². The van der Waals surface area contributed by atoms with E-state index in [2.05, 4.69) is 10.1 Å². The van der Waals surface area contributed by atoms with Gasteiger partial charge in [0.25, 0.3) is 11.6 Å². The highest BCUT2D eigenvalue weighted by atomic mass is 32.2. The molecule has 10 nitrogen and oxygen atoms in total. The molecule has 126 valence electrons. The molecule has 0 aromatic rings. The van der Waals surface area contributed by atoms with Gasteiger partial charge in [0.05, 0.1) is 0 Å². The molecule has 0 aromatic carbocycles. The molecule has 2 aliphatic rings. The molecule has 0 saturated carbocycles. The summed E-state index contributed by atoms with van der Waals surface area (Å²) >= 11 is 1.18. The number of rotatable bonds is 5. The van der Waals surface area contributed by atoms with Gasteiger partial charge in [-0.05, 0) is 0 Å². The molecule has 2 aliphatic heterocycles. The van der Waals surface area contributed by atoms with E-state index < -0.39 is 35.0 Å². The monoisotopic (exact) mass is 345 g/mol. The first kappa shape index (κ1) is 17.1. The smallest absolute Gasteiger partial charge is 0.404 e. The lowest BCUT2D eigenvalue weighted by atomic mass is 9.98. The summed E-state index contributed by atoms with van der Waals surface area (Å²) in [6.07, 6.45) is -1.05. The zero-order valence-corrected chi connectivity index (χ0v) is 13.1. The molecule has 2 heterocycles. The lowest BCUT2D eigenvalue weighted by molar-refractivity contribution is -0.192. The van der Waals surface area contributed by atoms with Crippen LogP contribution in [-0.2, 0) is 23.9 Å². The third kappa shape index (κ3) is 2.72. The largest absolute Gasteiger partial charge is 0.477 e. The number of carboxylic acids is 1. The van der Waals surface area contributed by atoms with Crippen LogP contribution in [0.25, 0.3) is 0 Å². The number of nitrogens with one attached hydrogen (secondary N) is 1. The number of carboxylic acid groups (broad SMARTS) is 1. The highest BCUT2D eigenvalue weighted by Crippen LogP contribution is 2.46. The Morgan fingerprint density at radius 1 is 1.52 bits per heavy atom. The minimum atomic E-state index is -1.60. The Balaban J connectivity index is 2.34. The summed E-state index contributed by atoms with van der Waals surface area (Å²) in [5.41, 5.74) is 3.21. The molecule has 2 rings (SSSR count). The Morgan fingerprint density at radius 3 is 2.65 bits per heavy atom. The summed E-state index contributed by atoms with van der Waals surface area (Å²) in [5, 5.41) is 11.1. The number of primary amides is 1. The number of ether oxygens (including phenoxy) is 2. The van der Waals surface area contributed by atoms with E-state index in [4.69, 9.17) is 10.5 Å². The molecule has 11 heteroatoms. The molecule has 1 saturated heterocycles. The number of nitrogens with zero attached hydrogens (tertiary/aromatic N) is 1. The standard InChI is InChI=1S/C12H15N3O7S/c1-5(16)14-12(21-2)9(19)15-7(8(17)18)6(3-22-11(13)20)4-23-10(12)15/h10H,3-4H2,1-2H3,(H2,13,20)(H,14,16)(H,17,18)/t10-,12-/m0/s1. The first-order chi connectivity index (χ1) is 10.7. The van der Waals surface area contributed by atoms with Crippen molar-refractivity contribution in [3.63, 3.8) is 0 Å². The molecule has 0 aromatic heterocycles. The lowest BCUT2D eigenvalue weighted by Crippen LogP contribution is -2.80. The third-order valence-electron chi connectivity index (χ3n) is 3.38. The van der Waals surface area contributed by atoms with Crippen molar-refractivity contribution in [2.45, 2.75) is 18.0 Å². The molecular weight excluding hydrogens is 330 g/mol. The fourth-order valence-corrected chi connectivity index (χ4v) is 3.89. The lowest BCUT2D eigenvalue weighted by Gasteiger charge is -2.55. The van der Waals surface area contributed by atoms with Gasteiger partial charge in [0.1, 0.15) is 17.7 Å². The van der Waals surface area contributed by atoms with Crippen LogP contribution < -0.4 is 11.1 Å². The summed E-state index contributed by atoms with van der Waals surface area (Å²) in [5.74, 6) is -2.36. The number of thioether (sulfide) groups is 1. The number of carbonyl (C=O) groups is 4. The minimum absolute atomic E-state index is 0.175. The predicted molar refractivity (Wildman–Crippen MR) is 76.8 cm³/mol. The van der Waals surface area contributed by atoms with E-state index in [1.165, 1.54) is 25.8 Å². The van der Waals surface area contributed by atoms with Gasteiger partial charge in [-0.1, -0.05) is 0 Å². The summed E-state index contributed by atoms with van der Waals surface area (Å²) in [7, 11) is 1.25. The second-order valence-electron chi connectivity index (χ2n) is 4.82. The molecule has 1 fully saturated rings. The van der Waals surface area contributed by atoms with Crippen molar-refractivity contribution in [1.29, 1.82) is 0 Å². The normalized spacial score (nSPS) is 26.3. The van der Waals surface area contributed by atoms with Gasteiger partial charge >= 0.3 is 12.1 Å². The quantitative estimate of drug-likeness (QED) is 0.416. The van der Waals surface area contributed by atoms with Crippen LogP contribution in [0.2, 0.25) is 0 Å². The highest BCUT2D eigenvalue weighted by molar-refractivity contribution is 8.00. The fraction of sp³-hybridized carbons (Fsp3) is 0.500. The Hall–Kier alpha value is -2.27. The zero-order chi connectivity index (χ0) is 17.4. The number of methoxy groups -OCH3 is 1. The number of amides is 3. The Morgan fingerprint density at radius 2 is 2.17 bits per heavy atom. The van der Waals surface area contributed by atoms with E-state index >= 15 is 0 Å². The van der Waals surface area contributed by atoms with Crippen molar-refractivity contribution in [3.8, 4) is 0 Å². The fourth-order valence-electron chi connectivity index (χ4n) is 2.47. The molecule has 3 amide bonds. The third-order valence-corrected chi connectivity index (χ3v) is 4.76. The molecule has 23 heavy (non-hydrogen) atoms. The van der Waals surface area contributed by atoms with E-state index in [-0.39, 0.29) is 23.6 Å². The van der Waals surface area contributed by atoms with Gasteiger partial charge < -0.3 is 25.6 Å². The molecule has 0 aliphatic carbocycles. The molecule has 0 spiro atoms. The second kappa shape index (κ2) is 6.08. The Labute approximate surface area is 134 Å². The van der Waals surface area contributed by atoms with Crippen LogP contribution in [0, 0.1) is 0 Å². The van der Waals surface area contributed by atoms with E-state index in [9.17, 15) is 24.3 Å². The number of carbonyl (C=O) groups excluding carboxylic acids is 3. The first-order valence-electron chi connectivity index (χ1n) is 6.41. The molecule has 2 atom stereocenters. The van der Waals surface area contributed by atoms with E-state index in [0.717, 1.165) is 4.90 Å². The number of fused-ring (bicyclic) bond motifs is 1. The summed E-state index contributed by atoms with van der Waals surface area (Å²) in [6, 6.07) is 0. The molecular formula is C12H15N3O7S. The van der Waals surface area contributed by atoms with E-state index in [1.54, 1.807) is 0 Å². The van der Waals surface area contributed by atoms with Crippen LogP contribution >= 0.6 is 11.8 Å². The maximum Gasteiger partial charge on any atom is 0.404 e. The maximum atomic E-state index is 12.4. The maximum absolute atomic E-state index is 12.4. The average Bonchev–Trinajstić information content (AvgIpc) is 2.48. The summed E-state index contributed by atoms with van der Waals surface area (Å²) in [4.78, 5) is 46.9. The minimum Gasteiger partial charge on any atom is -0.477 e. The van der Waals surface area contributed by atoms with Gasteiger partial charge in [-0.3, -0.25) is 14.5 Å². The van der Waals surface area contributed by atoms with Gasteiger partial charge in [0, 0.05) is 25.4 Å². The number of nitrogens with two attached hydrogens (primary N) is 1. The van der Waals surface area contributed by atoms with Gasteiger partial charge in [-0.2, -0.15) is 0 Å². The molecule has 4 N–H and O–H groups in total. The first-order valence-corrected chi connectivity index (χ1v) is 7.46. The SMILES string of the molecule is CO[C@@]1(NC(C)=O)C(=O)N2C(C(=O)O)=C(COC(N)=O)CS[C@H]21. The van der Waals surface area contributed by atoms with E-state index in [1.807, 2.05) is 0 Å². The topological polar surface area (TPSA) is 148 Å². The zero-order valence-electron chi connectivity index (χ0n) is 12.3. The second-order valence-corrected chi connectivity index (χ2v) is 5.89. The van der Waals surface area contributed by atoms with Crippen LogP contribution in [-0.4, -0.2) is 64.5 Å². The molecule has 0 bridgehead atoms. The van der Waals surface area contributed by atoms with Crippen molar-refractivity contribution in [3.05, 3.63) is 11.3 Å². The molecule has 0 unspecified atom stereocenters. The summed E-state index contributed by atoms with van der Waals surface area (Å²) < 4.78 is 9.78. The number of hydrogen-bond acceptors (Lipinski definition) is 7. The number of aliphatic carboxylic acids is 1. The van der Waals surface area contributed by atoms with Gasteiger partial charge in [-0.15, -0.1) is 11.8 Å². The summed E-state index contributed by atoms with van der Waals surface area (Å²) in [6.45, 7) is 0.894. The average molecular weight is 345 g/mol. The van der Waals surface area contributed by atoms with Gasteiger partial charge in [0.15, 0.2) is 0 Å². The van der Waals surface area contributed by atoms with Crippen LogP contribution in [0.5, 0.6) is 0 Å². The van der Waals surface area contributed by atoms with Crippen molar-refractivity contribution in [2.24, 2.45) is 5.73 Å². The van der Waals surface area contributed by atoms with Crippen molar-refractivity contribution in [1.82, 2.24) is 10.2 Å². The van der Waals surface area contributed by atoms with E-state index in [0.29, 0.717) is 0 Å². The van der Waals surface area contributed by atoms with Crippen molar-refractivity contribution >= 4 is 35.6 Å². The van der Waals surface area contributed by atoms with Crippen LogP contribution in [0.1, 0.15) is 6.92 Å². The number of β-lactam (4-membered cyclic amide) rings is 1.